The number of imidazole rings is 1. The zero-order valence-corrected chi connectivity index (χ0v) is 15.2. The lowest BCUT2D eigenvalue weighted by Gasteiger charge is -2.12. The number of rotatable bonds is 6. The van der Waals surface area contributed by atoms with Gasteiger partial charge >= 0.3 is 0 Å². The maximum atomic E-state index is 12.0. The molecule has 0 aliphatic carbocycles. The Morgan fingerprint density at radius 2 is 1.88 bits per heavy atom. The van der Waals surface area contributed by atoms with Crippen LogP contribution < -0.4 is 9.88 Å². The molecule has 0 saturated carbocycles. The molecular formula is C21H26N3O+. The number of nitrogens with one attached hydrogen (secondary N) is 2. The summed E-state index contributed by atoms with van der Waals surface area (Å²) in [5.74, 6) is 1.12. The van der Waals surface area contributed by atoms with E-state index in [9.17, 15) is 4.79 Å². The van der Waals surface area contributed by atoms with Gasteiger partial charge in [0, 0.05) is 6.42 Å². The summed E-state index contributed by atoms with van der Waals surface area (Å²) in [6.07, 6.45) is 1.41. The number of carbonyl (C=O) groups is 1. The highest BCUT2D eigenvalue weighted by Crippen LogP contribution is 2.16. The number of aryl methyl sites for hydroxylation is 1. The van der Waals surface area contributed by atoms with Gasteiger partial charge in [-0.05, 0) is 43.5 Å². The molecule has 1 unspecified atom stereocenters. The van der Waals surface area contributed by atoms with Gasteiger partial charge in [0.1, 0.15) is 12.6 Å². The Kier molecular flexibility index (Phi) is 5.17. The number of fused-ring (bicyclic) bond motifs is 1. The molecule has 2 N–H and O–H groups in total. The van der Waals surface area contributed by atoms with E-state index >= 15 is 0 Å². The maximum Gasteiger partial charge on any atom is 0.278 e. The van der Waals surface area contributed by atoms with E-state index in [0.29, 0.717) is 6.42 Å². The summed E-state index contributed by atoms with van der Waals surface area (Å²) in [5.41, 5.74) is 4.79. The quantitative estimate of drug-likeness (QED) is 0.661. The van der Waals surface area contributed by atoms with Gasteiger partial charge < -0.3 is 5.32 Å². The molecule has 0 aliphatic heterocycles. The molecule has 1 amide bonds. The average Bonchev–Trinajstić information content (AvgIpc) is 2.96. The topological polar surface area (TPSA) is 48.8 Å². The number of hydrogen-bond acceptors (Lipinski definition) is 1. The van der Waals surface area contributed by atoms with Crippen molar-refractivity contribution in [2.75, 3.05) is 0 Å². The SMILES string of the molecule is CCCC(=O)NC(C)c1[nH]c2ccccc2[n+]1Cc1ccccc1C. The molecule has 0 bridgehead atoms. The number of H-pyrrole nitrogens is 1. The third-order valence-electron chi connectivity index (χ3n) is 4.60. The van der Waals surface area contributed by atoms with Gasteiger partial charge in [-0.15, -0.1) is 0 Å². The van der Waals surface area contributed by atoms with E-state index in [-0.39, 0.29) is 11.9 Å². The zero-order chi connectivity index (χ0) is 17.8. The van der Waals surface area contributed by atoms with E-state index in [4.69, 9.17) is 0 Å². The van der Waals surface area contributed by atoms with E-state index in [1.165, 1.54) is 11.1 Å². The minimum atomic E-state index is -0.0736. The number of hydrogen-bond donors (Lipinski definition) is 2. The monoisotopic (exact) mass is 336 g/mol. The molecule has 1 heterocycles. The highest BCUT2D eigenvalue weighted by molar-refractivity contribution is 5.76. The van der Waals surface area contributed by atoms with E-state index in [2.05, 4.69) is 64.3 Å². The molecule has 130 valence electrons. The van der Waals surface area contributed by atoms with E-state index < -0.39 is 0 Å². The molecule has 0 radical (unpaired) electrons. The van der Waals surface area contributed by atoms with Crippen LogP contribution in [0.2, 0.25) is 0 Å². The fraction of sp³-hybridized carbons (Fsp3) is 0.333. The van der Waals surface area contributed by atoms with Crippen molar-refractivity contribution in [3.05, 3.63) is 65.5 Å². The molecule has 0 saturated heterocycles. The molecule has 3 aromatic rings. The Bertz CT molecular complexity index is 882. The average molecular weight is 336 g/mol. The lowest BCUT2D eigenvalue weighted by molar-refractivity contribution is -0.671. The van der Waals surface area contributed by atoms with Crippen LogP contribution in [-0.4, -0.2) is 10.9 Å². The third kappa shape index (κ3) is 3.73. The minimum Gasteiger partial charge on any atom is -0.342 e. The molecule has 0 aliphatic rings. The van der Waals surface area contributed by atoms with Crippen molar-refractivity contribution < 1.29 is 9.36 Å². The molecular weight excluding hydrogens is 310 g/mol. The Morgan fingerprint density at radius 3 is 2.64 bits per heavy atom. The predicted octanol–water partition coefficient (Wildman–Crippen LogP) is 3.79. The smallest absolute Gasteiger partial charge is 0.278 e. The predicted molar refractivity (Wildman–Crippen MR) is 100 cm³/mol. The fourth-order valence-electron chi connectivity index (χ4n) is 3.23. The van der Waals surface area contributed by atoms with Gasteiger partial charge in [-0.3, -0.25) is 4.79 Å². The maximum absolute atomic E-state index is 12.0. The number of amides is 1. The van der Waals surface area contributed by atoms with Crippen LogP contribution in [0.1, 0.15) is 49.7 Å². The first kappa shape index (κ1) is 17.2. The Labute approximate surface area is 148 Å². The summed E-state index contributed by atoms with van der Waals surface area (Å²) in [6, 6.07) is 16.6. The van der Waals surface area contributed by atoms with E-state index in [1.807, 2.05) is 19.9 Å². The number of aromatic amines is 1. The molecule has 2 aromatic carbocycles. The van der Waals surface area contributed by atoms with Crippen LogP contribution in [0.5, 0.6) is 0 Å². The van der Waals surface area contributed by atoms with Crippen LogP contribution in [0.4, 0.5) is 0 Å². The van der Waals surface area contributed by atoms with E-state index in [0.717, 1.165) is 29.8 Å². The second-order valence-corrected chi connectivity index (χ2v) is 6.58. The van der Waals surface area contributed by atoms with Gasteiger partial charge in [-0.1, -0.05) is 43.3 Å². The molecule has 25 heavy (non-hydrogen) atoms. The van der Waals surface area contributed by atoms with E-state index in [1.54, 1.807) is 0 Å². The van der Waals surface area contributed by atoms with Crippen molar-refractivity contribution in [1.82, 2.24) is 10.3 Å². The summed E-state index contributed by atoms with van der Waals surface area (Å²) in [6.45, 7) is 6.97. The zero-order valence-electron chi connectivity index (χ0n) is 15.2. The Balaban J connectivity index is 2.00. The molecule has 1 atom stereocenters. The van der Waals surface area contributed by atoms with Crippen molar-refractivity contribution in [3.8, 4) is 0 Å². The first-order valence-electron chi connectivity index (χ1n) is 8.94. The fourth-order valence-corrected chi connectivity index (χ4v) is 3.23. The lowest BCUT2D eigenvalue weighted by atomic mass is 10.1. The molecule has 1 aromatic heterocycles. The van der Waals surface area contributed by atoms with Crippen LogP contribution >= 0.6 is 0 Å². The van der Waals surface area contributed by atoms with Crippen molar-refractivity contribution >= 4 is 16.9 Å². The van der Waals surface area contributed by atoms with Crippen molar-refractivity contribution in [2.24, 2.45) is 0 Å². The second kappa shape index (κ2) is 7.51. The van der Waals surface area contributed by atoms with Gasteiger partial charge in [-0.25, -0.2) is 9.55 Å². The van der Waals surface area contributed by atoms with Crippen molar-refractivity contribution in [3.63, 3.8) is 0 Å². The minimum absolute atomic E-state index is 0.0736. The summed E-state index contributed by atoms with van der Waals surface area (Å²) in [5, 5.41) is 3.11. The third-order valence-corrected chi connectivity index (χ3v) is 4.60. The second-order valence-electron chi connectivity index (χ2n) is 6.58. The van der Waals surface area contributed by atoms with Crippen LogP contribution in [0.15, 0.2) is 48.5 Å². The van der Waals surface area contributed by atoms with Gasteiger partial charge in [0.15, 0.2) is 11.0 Å². The lowest BCUT2D eigenvalue weighted by Crippen LogP contribution is -2.42. The summed E-state index contributed by atoms with van der Waals surface area (Å²) in [4.78, 5) is 15.5. The first-order chi connectivity index (χ1) is 12.1. The van der Waals surface area contributed by atoms with Crippen molar-refractivity contribution in [1.29, 1.82) is 0 Å². The highest BCUT2D eigenvalue weighted by Gasteiger charge is 2.25. The normalized spacial score (nSPS) is 12.3. The highest BCUT2D eigenvalue weighted by atomic mass is 16.1. The number of carbonyl (C=O) groups excluding carboxylic acids is 1. The Hall–Kier alpha value is -2.62. The summed E-state index contributed by atoms with van der Waals surface area (Å²) < 4.78 is 2.27. The number of nitrogens with zero attached hydrogens (tertiary/aromatic N) is 1. The molecule has 0 spiro atoms. The van der Waals surface area contributed by atoms with Gasteiger partial charge in [0.2, 0.25) is 5.91 Å². The molecule has 0 fully saturated rings. The van der Waals surface area contributed by atoms with Crippen LogP contribution in [0, 0.1) is 6.92 Å². The Morgan fingerprint density at radius 1 is 1.16 bits per heavy atom. The van der Waals surface area contributed by atoms with Crippen LogP contribution in [-0.2, 0) is 11.3 Å². The van der Waals surface area contributed by atoms with Crippen molar-refractivity contribution in [2.45, 2.75) is 46.2 Å². The molecule has 3 rings (SSSR count). The first-order valence-corrected chi connectivity index (χ1v) is 8.94. The number of benzene rings is 2. The van der Waals surface area contributed by atoms with Gasteiger partial charge in [0.25, 0.3) is 5.82 Å². The summed E-state index contributed by atoms with van der Waals surface area (Å²) in [7, 11) is 0. The van der Waals surface area contributed by atoms with Gasteiger partial charge in [-0.2, -0.15) is 0 Å². The summed E-state index contributed by atoms with van der Waals surface area (Å²) >= 11 is 0. The standard InChI is InChI=1S/C21H25N3O/c1-4-9-20(25)22-16(3)21-23-18-12-7-8-13-19(18)24(21)14-17-11-6-5-10-15(17)2/h5-8,10-13,16H,4,9,14H2,1-3H3,(H,22,25)/p+1. The number of para-hydroxylation sites is 2. The van der Waals surface area contributed by atoms with Crippen LogP contribution in [0.3, 0.4) is 0 Å². The number of aromatic nitrogens is 2. The van der Waals surface area contributed by atoms with Crippen LogP contribution in [0.25, 0.3) is 11.0 Å². The molecule has 4 nitrogen and oxygen atoms in total. The largest absolute Gasteiger partial charge is 0.342 e. The molecule has 4 heteroatoms. The van der Waals surface area contributed by atoms with Gasteiger partial charge in [0.05, 0.1) is 0 Å².